The maximum absolute atomic E-state index is 12.7. The third-order valence-electron chi connectivity index (χ3n) is 14.1. The quantitative estimate of drug-likeness (QED) is 0.0264. The highest BCUT2D eigenvalue weighted by Crippen LogP contribution is 2.43. The molecule has 0 fully saturated rings. The SMILES string of the molecule is CC/C=C\C/C=C\C/C=C\C/C=C\C/C=C\C/C=C\C/C=C\C/C=C\C/C=C\C/C=C\CCCCCCCCCCC(=O)OC(COC(=O)CCCCCCCCCCCCCCCCCCCCCCCC)COP(=O)(O)OCCN. The van der Waals surface area contributed by atoms with Crippen LogP contribution in [0.5, 0.6) is 0 Å². The number of phosphoric acid groups is 1. The van der Waals surface area contributed by atoms with Crippen LogP contribution in [0.15, 0.2) is 122 Å². The van der Waals surface area contributed by atoms with Gasteiger partial charge in [0, 0.05) is 19.4 Å². The van der Waals surface area contributed by atoms with E-state index < -0.39 is 26.5 Å². The van der Waals surface area contributed by atoms with Gasteiger partial charge in [-0.15, -0.1) is 0 Å². The Morgan fingerprint density at radius 3 is 1.00 bits per heavy atom. The molecule has 0 rings (SSSR count). The summed E-state index contributed by atoms with van der Waals surface area (Å²) in [6, 6.07) is 0. The molecule has 470 valence electrons. The maximum Gasteiger partial charge on any atom is 0.472 e. The van der Waals surface area contributed by atoms with Gasteiger partial charge in [0.15, 0.2) is 6.10 Å². The molecule has 0 saturated carbocycles. The van der Waals surface area contributed by atoms with Crippen LogP contribution >= 0.6 is 7.82 Å². The van der Waals surface area contributed by atoms with Crippen molar-refractivity contribution in [1.82, 2.24) is 0 Å². The maximum atomic E-state index is 12.7. The molecule has 0 saturated heterocycles. The summed E-state index contributed by atoms with van der Waals surface area (Å²) in [6.45, 7) is 3.65. The number of carbonyl (C=O) groups is 2. The molecule has 0 aliphatic rings. The van der Waals surface area contributed by atoms with Crippen molar-refractivity contribution in [2.24, 2.45) is 5.73 Å². The van der Waals surface area contributed by atoms with Gasteiger partial charge in [-0.05, 0) is 89.9 Å². The molecule has 2 unspecified atom stereocenters. The summed E-state index contributed by atoms with van der Waals surface area (Å²) in [5.74, 6) is -0.833. The van der Waals surface area contributed by atoms with Gasteiger partial charge in [-0.3, -0.25) is 18.6 Å². The molecule has 0 bridgehead atoms. The highest BCUT2D eigenvalue weighted by Gasteiger charge is 2.26. The lowest BCUT2D eigenvalue weighted by atomic mass is 10.0. The number of rotatable bonds is 62. The van der Waals surface area contributed by atoms with Crippen molar-refractivity contribution in [2.45, 2.75) is 296 Å². The Morgan fingerprint density at radius 2 is 0.671 bits per heavy atom. The molecule has 0 aromatic heterocycles. The summed E-state index contributed by atoms with van der Waals surface area (Å²) >= 11 is 0. The Labute approximate surface area is 504 Å². The zero-order valence-electron chi connectivity index (χ0n) is 52.7. The Morgan fingerprint density at radius 1 is 0.378 bits per heavy atom. The van der Waals surface area contributed by atoms with Crippen molar-refractivity contribution in [3.63, 3.8) is 0 Å². The van der Waals surface area contributed by atoms with E-state index in [2.05, 4.69) is 135 Å². The van der Waals surface area contributed by atoms with E-state index >= 15 is 0 Å². The van der Waals surface area contributed by atoms with Gasteiger partial charge in [0.2, 0.25) is 0 Å². The van der Waals surface area contributed by atoms with Crippen LogP contribution in [0.25, 0.3) is 0 Å². The molecule has 3 N–H and O–H groups in total. The fraction of sp³-hybridized carbons (Fsp3) is 0.694. The number of esters is 2. The largest absolute Gasteiger partial charge is 0.472 e. The summed E-state index contributed by atoms with van der Waals surface area (Å²) in [5, 5.41) is 0. The molecule has 0 aliphatic heterocycles. The third kappa shape index (κ3) is 65.6. The predicted molar refractivity (Wildman–Crippen MR) is 353 cm³/mol. The summed E-state index contributed by atoms with van der Waals surface area (Å²) in [5.41, 5.74) is 5.39. The van der Waals surface area contributed by atoms with Crippen LogP contribution in [-0.4, -0.2) is 49.3 Å². The van der Waals surface area contributed by atoms with Crippen LogP contribution in [0, 0.1) is 0 Å². The minimum Gasteiger partial charge on any atom is -0.462 e. The third-order valence-corrected chi connectivity index (χ3v) is 15.1. The van der Waals surface area contributed by atoms with Crippen molar-refractivity contribution in [2.75, 3.05) is 26.4 Å². The molecule has 0 spiro atoms. The second-order valence-corrected chi connectivity index (χ2v) is 23.4. The Bertz CT molecular complexity index is 1760. The van der Waals surface area contributed by atoms with Crippen LogP contribution in [0.1, 0.15) is 290 Å². The van der Waals surface area contributed by atoms with Gasteiger partial charge in [0.1, 0.15) is 6.61 Å². The summed E-state index contributed by atoms with van der Waals surface area (Å²) in [7, 11) is -4.40. The Hall–Kier alpha value is -3.59. The van der Waals surface area contributed by atoms with E-state index in [-0.39, 0.29) is 38.6 Å². The number of hydrogen-bond donors (Lipinski definition) is 2. The second-order valence-electron chi connectivity index (χ2n) is 22.0. The molecule has 2 atom stereocenters. The normalized spacial score (nSPS) is 13.8. The van der Waals surface area contributed by atoms with Crippen molar-refractivity contribution < 1.29 is 37.6 Å². The topological polar surface area (TPSA) is 134 Å². The van der Waals surface area contributed by atoms with E-state index in [9.17, 15) is 19.0 Å². The second kappa shape index (κ2) is 66.5. The average Bonchev–Trinajstić information content (AvgIpc) is 3.48. The molecular weight excluding hydrogens is 1040 g/mol. The van der Waals surface area contributed by atoms with Gasteiger partial charge in [0.05, 0.1) is 13.2 Å². The van der Waals surface area contributed by atoms with Gasteiger partial charge in [-0.1, -0.05) is 309 Å². The van der Waals surface area contributed by atoms with Gasteiger partial charge >= 0.3 is 19.8 Å². The first-order chi connectivity index (χ1) is 40.3. The van der Waals surface area contributed by atoms with Crippen LogP contribution in [0.4, 0.5) is 0 Å². The number of ether oxygens (including phenoxy) is 2. The lowest BCUT2D eigenvalue weighted by Gasteiger charge is -2.19. The molecule has 0 aliphatic carbocycles. The first-order valence-corrected chi connectivity index (χ1v) is 35.0. The van der Waals surface area contributed by atoms with Gasteiger partial charge < -0.3 is 20.1 Å². The van der Waals surface area contributed by atoms with E-state index in [4.69, 9.17) is 24.3 Å². The van der Waals surface area contributed by atoms with Crippen LogP contribution in [-0.2, 0) is 32.7 Å². The van der Waals surface area contributed by atoms with Crippen LogP contribution in [0.2, 0.25) is 0 Å². The monoisotopic (exact) mass is 1160 g/mol. The van der Waals surface area contributed by atoms with Crippen molar-refractivity contribution in [3.8, 4) is 0 Å². The van der Waals surface area contributed by atoms with Gasteiger partial charge in [0.25, 0.3) is 0 Å². The average molecular weight is 1160 g/mol. The van der Waals surface area contributed by atoms with Crippen molar-refractivity contribution in [1.29, 1.82) is 0 Å². The standard InChI is InChI=1S/C72H124NO8P/c1-3-5-7-9-11-13-15-17-19-21-23-25-27-28-29-30-31-32-33-34-35-36-37-38-39-40-41-42-43-45-47-49-51-53-55-57-59-61-63-65-72(75)81-70(69-80-82(76,77)79-67-66-73)68-78-71(74)64-62-60-58-56-54-52-50-48-46-44-26-24-22-20-18-16-14-12-10-8-6-4-2/h5,7,11,13,17,19,23,25,28-29,31-32,34-35,37-38,40-41,43,45,70H,3-4,6,8-10,12,14-16,18,20-22,24,26-27,30,33,36,39,42,44,46-69,73H2,1-2H3,(H,76,77)/b7-5-,13-11-,19-17-,25-23-,29-28-,32-31-,35-34-,38-37-,41-40-,45-43-. The van der Waals surface area contributed by atoms with E-state index in [1.54, 1.807) is 0 Å². The first kappa shape index (κ1) is 78.4. The first-order valence-electron chi connectivity index (χ1n) is 33.5. The molecule has 0 aromatic carbocycles. The van der Waals surface area contributed by atoms with Crippen molar-refractivity contribution >= 4 is 19.8 Å². The minimum atomic E-state index is -4.40. The van der Waals surface area contributed by atoms with Gasteiger partial charge in [-0.2, -0.15) is 0 Å². The number of nitrogens with two attached hydrogens (primary N) is 1. The molecule has 82 heavy (non-hydrogen) atoms. The van der Waals surface area contributed by atoms with E-state index in [1.165, 1.54) is 148 Å². The molecule has 10 heteroatoms. The molecule has 0 amide bonds. The molecular formula is C72H124NO8P. The summed E-state index contributed by atoms with van der Waals surface area (Å²) in [6.07, 6.45) is 92.7. The highest BCUT2D eigenvalue weighted by atomic mass is 31.2. The lowest BCUT2D eigenvalue weighted by Crippen LogP contribution is -2.29. The lowest BCUT2D eigenvalue weighted by molar-refractivity contribution is -0.161. The fourth-order valence-corrected chi connectivity index (χ4v) is 9.96. The number of unbranched alkanes of at least 4 members (excludes halogenated alkanes) is 29. The predicted octanol–water partition coefficient (Wildman–Crippen LogP) is 21.9. The number of allylic oxidation sites excluding steroid dienone is 20. The minimum absolute atomic E-state index is 0.0481. The summed E-state index contributed by atoms with van der Waals surface area (Å²) in [4.78, 5) is 35.3. The van der Waals surface area contributed by atoms with Crippen LogP contribution in [0.3, 0.4) is 0 Å². The van der Waals surface area contributed by atoms with E-state index in [0.29, 0.717) is 6.42 Å². The Balaban J connectivity index is 3.97. The Kier molecular flexibility index (Phi) is 63.6. The van der Waals surface area contributed by atoms with Gasteiger partial charge in [-0.25, -0.2) is 4.57 Å². The van der Waals surface area contributed by atoms with Crippen LogP contribution < -0.4 is 5.73 Å². The smallest absolute Gasteiger partial charge is 0.462 e. The van der Waals surface area contributed by atoms with E-state index in [0.717, 1.165) is 109 Å². The molecule has 0 aromatic rings. The number of carbonyl (C=O) groups excluding carboxylic acids is 2. The summed E-state index contributed by atoms with van der Waals surface area (Å²) < 4.78 is 33.1. The number of hydrogen-bond acceptors (Lipinski definition) is 8. The zero-order valence-corrected chi connectivity index (χ0v) is 53.6. The fourth-order valence-electron chi connectivity index (χ4n) is 9.20. The zero-order chi connectivity index (χ0) is 59.4. The molecule has 0 heterocycles. The molecule has 9 nitrogen and oxygen atoms in total. The highest BCUT2D eigenvalue weighted by molar-refractivity contribution is 7.47. The number of phosphoric ester groups is 1. The van der Waals surface area contributed by atoms with Crippen molar-refractivity contribution in [3.05, 3.63) is 122 Å². The molecule has 0 radical (unpaired) electrons. The van der Waals surface area contributed by atoms with E-state index in [1.807, 2.05) is 0 Å².